The maximum atomic E-state index is 12.2. The number of anilines is 1. The van der Waals surface area contributed by atoms with Gasteiger partial charge in [0.25, 0.3) is 5.91 Å². The molecule has 1 fully saturated rings. The molecule has 1 aromatic carbocycles. The van der Waals surface area contributed by atoms with Crippen LogP contribution in [-0.2, 0) is 16.1 Å². The summed E-state index contributed by atoms with van der Waals surface area (Å²) in [6.07, 6.45) is 1.23. The van der Waals surface area contributed by atoms with E-state index in [2.05, 4.69) is 10.2 Å². The van der Waals surface area contributed by atoms with Crippen molar-refractivity contribution in [3.8, 4) is 17.2 Å². The molecular formula is C20H24N2O7. The number of methoxy groups -OCH3 is 2. The number of rotatable bonds is 8. The van der Waals surface area contributed by atoms with Crippen LogP contribution in [0.4, 0.5) is 5.69 Å². The SMILES string of the molecule is COc1ccc(OC)c(NC(=O)COc2coc(CN3CCOCC3)cc2=O)c1. The molecule has 9 heteroatoms. The molecule has 1 amide bonds. The highest BCUT2D eigenvalue weighted by molar-refractivity contribution is 5.93. The third-order valence-electron chi connectivity index (χ3n) is 4.37. The van der Waals surface area contributed by atoms with Crippen LogP contribution in [0.5, 0.6) is 17.2 Å². The van der Waals surface area contributed by atoms with E-state index in [1.807, 2.05) is 0 Å². The molecule has 2 aromatic rings. The number of carbonyl (C=O) groups is 1. The highest BCUT2D eigenvalue weighted by Crippen LogP contribution is 2.28. The Morgan fingerprint density at radius 3 is 2.62 bits per heavy atom. The summed E-state index contributed by atoms with van der Waals surface area (Å²) in [6, 6.07) is 6.41. The van der Waals surface area contributed by atoms with Gasteiger partial charge in [-0.3, -0.25) is 14.5 Å². The smallest absolute Gasteiger partial charge is 0.262 e. The fourth-order valence-corrected chi connectivity index (χ4v) is 2.85. The van der Waals surface area contributed by atoms with Crippen molar-refractivity contribution in [2.24, 2.45) is 0 Å². The van der Waals surface area contributed by atoms with Crippen molar-refractivity contribution in [3.05, 3.63) is 46.5 Å². The Morgan fingerprint density at radius 2 is 1.93 bits per heavy atom. The molecule has 9 nitrogen and oxygen atoms in total. The standard InChI is InChI=1S/C20H24N2O7/c1-25-14-3-4-18(26-2)16(9-14)21-20(24)13-29-19-12-28-15(10-17(19)23)11-22-5-7-27-8-6-22/h3-4,9-10,12H,5-8,11,13H2,1-2H3,(H,21,24). The van der Waals surface area contributed by atoms with E-state index in [1.54, 1.807) is 18.2 Å². The summed E-state index contributed by atoms with van der Waals surface area (Å²) in [5.41, 5.74) is 0.0969. The van der Waals surface area contributed by atoms with Crippen LogP contribution in [0, 0.1) is 0 Å². The molecule has 2 heterocycles. The van der Waals surface area contributed by atoms with Crippen LogP contribution < -0.4 is 25.0 Å². The first kappa shape index (κ1) is 20.7. The molecule has 0 radical (unpaired) electrons. The van der Waals surface area contributed by atoms with Crippen LogP contribution in [0.2, 0.25) is 0 Å². The van der Waals surface area contributed by atoms with Gasteiger partial charge in [-0.1, -0.05) is 0 Å². The molecule has 29 heavy (non-hydrogen) atoms. The van der Waals surface area contributed by atoms with E-state index in [0.29, 0.717) is 42.7 Å². The molecule has 0 saturated carbocycles. The van der Waals surface area contributed by atoms with Gasteiger partial charge in [0, 0.05) is 25.2 Å². The maximum absolute atomic E-state index is 12.2. The summed E-state index contributed by atoms with van der Waals surface area (Å²) >= 11 is 0. The summed E-state index contributed by atoms with van der Waals surface area (Å²) in [7, 11) is 3.02. The number of hydrogen-bond donors (Lipinski definition) is 1. The second kappa shape index (κ2) is 9.94. The summed E-state index contributed by atoms with van der Waals surface area (Å²) in [6.45, 7) is 3.08. The average Bonchev–Trinajstić information content (AvgIpc) is 2.74. The second-order valence-electron chi connectivity index (χ2n) is 6.37. The van der Waals surface area contributed by atoms with Crippen LogP contribution in [0.3, 0.4) is 0 Å². The first-order valence-electron chi connectivity index (χ1n) is 9.15. The predicted molar refractivity (Wildman–Crippen MR) is 105 cm³/mol. The van der Waals surface area contributed by atoms with Crippen molar-refractivity contribution in [2.75, 3.05) is 52.4 Å². The molecule has 0 bridgehead atoms. The topological polar surface area (TPSA) is 99.5 Å². The number of ether oxygens (including phenoxy) is 4. The Hall–Kier alpha value is -3.04. The van der Waals surface area contributed by atoms with Gasteiger partial charge in [-0.15, -0.1) is 0 Å². The van der Waals surface area contributed by atoms with Gasteiger partial charge in [-0.2, -0.15) is 0 Å². The van der Waals surface area contributed by atoms with E-state index in [1.165, 1.54) is 26.5 Å². The van der Waals surface area contributed by atoms with Gasteiger partial charge in [-0.05, 0) is 12.1 Å². The molecule has 156 valence electrons. The minimum Gasteiger partial charge on any atom is -0.497 e. The third-order valence-corrected chi connectivity index (χ3v) is 4.37. The highest BCUT2D eigenvalue weighted by atomic mass is 16.5. The molecule has 1 N–H and O–H groups in total. The molecule has 1 aliphatic heterocycles. The van der Waals surface area contributed by atoms with Gasteiger partial charge in [0.2, 0.25) is 11.2 Å². The van der Waals surface area contributed by atoms with E-state index < -0.39 is 5.91 Å². The van der Waals surface area contributed by atoms with Crippen LogP contribution in [-0.4, -0.2) is 57.9 Å². The molecule has 1 saturated heterocycles. The lowest BCUT2D eigenvalue weighted by Crippen LogP contribution is -2.35. The Bertz CT molecular complexity index is 891. The number of nitrogens with one attached hydrogen (secondary N) is 1. The lowest BCUT2D eigenvalue weighted by atomic mass is 10.2. The van der Waals surface area contributed by atoms with E-state index in [9.17, 15) is 9.59 Å². The monoisotopic (exact) mass is 404 g/mol. The number of hydrogen-bond acceptors (Lipinski definition) is 8. The van der Waals surface area contributed by atoms with E-state index >= 15 is 0 Å². The number of benzene rings is 1. The first-order chi connectivity index (χ1) is 14.1. The number of amides is 1. The fraction of sp³-hybridized carbons (Fsp3) is 0.400. The summed E-state index contributed by atoms with van der Waals surface area (Å²) in [5.74, 6) is 1.11. The van der Waals surface area contributed by atoms with Crippen molar-refractivity contribution in [2.45, 2.75) is 6.54 Å². The Labute approximate surface area is 168 Å². The molecule has 1 aliphatic rings. The second-order valence-corrected chi connectivity index (χ2v) is 6.37. The zero-order valence-corrected chi connectivity index (χ0v) is 16.4. The van der Waals surface area contributed by atoms with Crippen LogP contribution in [0.1, 0.15) is 5.76 Å². The molecule has 0 aliphatic carbocycles. The van der Waals surface area contributed by atoms with Crippen LogP contribution in [0.15, 0.2) is 39.7 Å². The van der Waals surface area contributed by atoms with Crippen molar-refractivity contribution in [1.82, 2.24) is 4.90 Å². The van der Waals surface area contributed by atoms with Crippen molar-refractivity contribution < 1.29 is 28.2 Å². The van der Waals surface area contributed by atoms with E-state index in [-0.39, 0.29) is 17.8 Å². The number of carbonyl (C=O) groups excluding carboxylic acids is 1. The molecule has 0 unspecified atom stereocenters. The van der Waals surface area contributed by atoms with Crippen LogP contribution in [0.25, 0.3) is 0 Å². The minimum absolute atomic E-state index is 0.0246. The van der Waals surface area contributed by atoms with Gasteiger partial charge in [-0.25, -0.2) is 0 Å². The van der Waals surface area contributed by atoms with Gasteiger partial charge >= 0.3 is 0 Å². The fourth-order valence-electron chi connectivity index (χ4n) is 2.85. The normalized spacial score (nSPS) is 14.3. The first-order valence-corrected chi connectivity index (χ1v) is 9.15. The van der Waals surface area contributed by atoms with E-state index in [0.717, 1.165) is 13.1 Å². The molecular weight excluding hydrogens is 380 g/mol. The third kappa shape index (κ3) is 5.72. The van der Waals surface area contributed by atoms with Gasteiger partial charge < -0.3 is 28.7 Å². The largest absolute Gasteiger partial charge is 0.497 e. The summed E-state index contributed by atoms with van der Waals surface area (Å²) in [4.78, 5) is 26.6. The summed E-state index contributed by atoms with van der Waals surface area (Å²) in [5, 5.41) is 2.67. The van der Waals surface area contributed by atoms with Crippen molar-refractivity contribution in [3.63, 3.8) is 0 Å². The molecule has 1 aromatic heterocycles. The zero-order chi connectivity index (χ0) is 20.6. The van der Waals surface area contributed by atoms with Crippen molar-refractivity contribution in [1.29, 1.82) is 0 Å². The number of morpholine rings is 1. The Morgan fingerprint density at radius 1 is 1.14 bits per heavy atom. The van der Waals surface area contributed by atoms with Gasteiger partial charge in [0.15, 0.2) is 6.61 Å². The van der Waals surface area contributed by atoms with Gasteiger partial charge in [0.1, 0.15) is 23.5 Å². The lowest BCUT2D eigenvalue weighted by molar-refractivity contribution is -0.118. The minimum atomic E-state index is -0.451. The molecule has 0 spiro atoms. The summed E-state index contributed by atoms with van der Waals surface area (Å²) < 4.78 is 26.5. The highest BCUT2D eigenvalue weighted by Gasteiger charge is 2.14. The molecule has 0 atom stereocenters. The number of nitrogens with zero attached hydrogens (tertiary/aromatic N) is 1. The quantitative estimate of drug-likeness (QED) is 0.707. The zero-order valence-electron chi connectivity index (χ0n) is 16.4. The Kier molecular flexibility index (Phi) is 7.09. The predicted octanol–water partition coefficient (Wildman–Crippen LogP) is 1.51. The van der Waals surface area contributed by atoms with Crippen LogP contribution >= 0.6 is 0 Å². The van der Waals surface area contributed by atoms with Gasteiger partial charge in [0.05, 0.1) is 39.7 Å². The molecule has 3 rings (SSSR count). The van der Waals surface area contributed by atoms with Crippen molar-refractivity contribution >= 4 is 11.6 Å². The Balaban J connectivity index is 1.57. The van der Waals surface area contributed by atoms with E-state index in [4.69, 9.17) is 23.4 Å². The maximum Gasteiger partial charge on any atom is 0.262 e. The average molecular weight is 404 g/mol. The lowest BCUT2D eigenvalue weighted by Gasteiger charge is -2.25.